The predicted molar refractivity (Wildman–Crippen MR) is 91.1 cm³/mol. The first-order chi connectivity index (χ1) is 9.43. The Kier molecular flexibility index (Phi) is 5.30. The van der Waals surface area contributed by atoms with Gasteiger partial charge in [-0.15, -0.1) is 0 Å². The molecule has 0 heterocycles. The summed E-state index contributed by atoms with van der Waals surface area (Å²) in [5.41, 5.74) is 1.87. The Morgan fingerprint density at radius 3 is 2.25 bits per heavy atom. The predicted octanol–water partition coefficient (Wildman–Crippen LogP) is 5.00. The molecule has 1 aromatic rings. The van der Waals surface area contributed by atoms with Gasteiger partial charge in [-0.1, -0.05) is 55.8 Å². The molecule has 1 aromatic carbocycles. The van der Waals surface area contributed by atoms with E-state index in [1.54, 1.807) is 0 Å². The van der Waals surface area contributed by atoms with E-state index >= 15 is 0 Å². The summed E-state index contributed by atoms with van der Waals surface area (Å²) in [4.78, 5) is 0. The molecule has 0 unspecified atom stereocenters. The fourth-order valence-corrected chi connectivity index (χ4v) is 3.57. The SMILES string of the molecule is CC(C)CNCC1(c2ccc(Br)cc2)CC(C(C)C)C1. The Morgan fingerprint density at radius 2 is 1.75 bits per heavy atom. The van der Waals surface area contributed by atoms with Crippen LogP contribution in [-0.4, -0.2) is 13.1 Å². The maximum atomic E-state index is 3.69. The lowest BCUT2D eigenvalue weighted by Gasteiger charge is -2.50. The number of halogens is 1. The van der Waals surface area contributed by atoms with Crippen LogP contribution in [0.2, 0.25) is 0 Å². The summed E-state index contributed by atoms with van der Waals surface area (Å²) in [5.74, 6) is 2.42. The molecule has 1 aliphatic rings. The molecule has 20 heavy (non-hydrogen) atoms. The number of hydrogen-bond donors (Lipinski definition) is 1. The summed E-state index contributed by atoms with van der Waals surface area (Å²) in [5, 5.41) is 3.69. The van der Waals surface area contributed by atoms with E-state index in [-0.39, 0.29) is 0 Å². The molecular weight excluding hydrogens is 310 g/mol. The zero-order valence-electron chi connectivity index (χ0n) is 13.2. The molecule has 1 aliphatic carbocycles. The minimum atomic E-state index is 0.366. The van der Waals surface area contributed by atoms with Gasteiger partial charge < -0.3 is 5.32 Å². The fourth-order valence-electron chi connectivity index (χ4n) is 3.30. The fraction of sp³-hybridized carbons (Fsp3) is 0.667. The monoisotopic (exact) mass is 337 g/mol. The Morgan fingerprint density at radius 1 is 1.15 bits per heavy atom. The van der Waals surface area contributed by atoms with Gasteiger partial charge in [0.2, 0.25) is 0 Å². The zero-order chi connectivity index (χ0) is 14.8. The van der Waals surface area contributed by atoms with E-state index in [1.165, 1.54) is 22.9 Å². The van der Waals surface area contributed by atoms with Gasteiger partial charge in [0.15, 0.2) is 0 Å². The van der Waals surface area contributed by atoms with Gasteiger partial charge in [-0.2, -0.15) is 0 Å². The maximum Gasteiger partial charge on any atom is 0.0175 e. The van der Waals surface area contributed by atoms with Crippen LogP contribution in [0.3, 0.4) is 0 Å². The summed E-state index contributed by atoms with van der Waals surface area (Å²) in [6.45, 7) is 11.5. The molecule has 0 aliphatic heterocycles. The molecule has 0 amide bonds. The summed E-state index contributed by atoms with van der Waals surface area (Å²) in [7, 11) is 0. The lowest BCUT2D eigenvalue weighted by molar-refractivity contribution is 0.0970. The van der Waals surface area contributed by atoms with Gasteiger partial charge in [0.05, 0.1) is 0 Å². The Hall–Kier alpha value is -0.340. The van der Waals surface area contributed by atoms with Crippen LogP contribution in [0, 0.1) is 17.8 Å². The van der Waals surface area contributed by atoms with Crippen molar-refractivity contribution in [3.05, 3.63) is 34.3 Å². The first kappa shape index (κ1) is 16.0. The molecule has 2 heteroatoms. The molecule has 1 fully saturated rings. The van der Waals surface area contributed by atoms with E-state index in [0.717, 1.165) is 30.8 Å². The Labute approximate surface area is 132 Å². The molecule has 2 rings (SSSR count). The molecule has 0 spiro atoms. The second-order valence-electron chi connectivity index (χ2n) is 7.22. The van der Waals surface area contributed by atoms with E-state index in [2.05, 4.69) is 73.2 Å². The molecule has 1 saturated carbocycles. The maximum absolute atomic E-state index is 3.69. The van der Waals surface area contributed by atoms with Crippen molar-refractivity contribution in [2.45, 2.75) is 46.0 Å². The first-order valence-corrected chi connectivity index (χ1v) is 8.69. The van der Waals surface area contributed by atoms with Gasteiger partial charge in [-0.3, -0.25) is 0 Å². The quantitative estimate of drug-likeness (QED) is 0.770. The van der Waals surface area contributed by atoms with Gasteiger partial charge in [0, 0.05) is 16.4 Å². The van der Waals surface area contributed by atoms with Gasteiger partial charge in [0.1, 0.15) is 0 Å². The average Bonchev–Trinajstić information content (AvgIpc) is 2.32. The van der Waals surface area contributed by atoms with Crippen molar-refractivity contribution in [3.8, 4) is 0 Å². The average molecular weight is 338 g/mol. The highest BCUT2D eigenvalue weighted by Crippen LogP contribution is 2.50. The highest BCUT2D eigenvalue weighted by molar-refractivity contribution is 9.10. The first-order valence-electron chi connectivity index (χ1n) is 7.90. The molecule has 1 nitrogen and oxygen atoms in total. The summed E-state index contributed by atoms with van der Waals surface area (Å²) in [6.07, 6.45) is 2.66. The minimum absolute atomic E-state index is 0.366. The highest BCUT2D eigenvalue weighted by Gasteiger charge is 2.45. The zero-order valence-corrected chi connectivity index (χ0v) is 14.8. The van der Waals surface area contributed by atoms with Crippen LogP contribution in [-0.2, 0) is 5.41 Å². The van der Waals surface area contributed by atoms with Crippen molar-refractivity contribution in [2.24, 2.45) is 17.8 Å². The number of rotatable bonds is 6. The van der Waals surface area contributed by atoms with E-state index < -0.39 is 0 Å². The molecule has 0 saturated heterocycles. The van der Waals surface area contributed by atoms with E-state index in [1.807, 2.05) is 0 Å². The van der Waals surface area contributed by atoms with Crippen LogP contribution in [0.15, 0.2) is 28.7 Å². The minimum Gasteiger partial charge on any atom is -0.316 e. The summed E-state index contributed by atoms with van der Waals surface area (Å²) < 4.78 is 1.17. The third-order valence-corrected chi connectivity index (χ3v) is 5.25. The van der Waals surface area contributed by atoms with Crippen molar-refractivity contribution in [3.63, 3.8) is 0 Å². The van der Waals surface area contributed by atoms with E-state index in [4.69, 9.17) is 0 Å². The van der Waals surface area contributed by atoms with Crippen LogP contribution in [0.25, 0.3) is 0 Å². The van der Waals surface area contributed by atoms with Crippen molar-refractivity contribution in [1.29, 1.82) is 0 Å². The Bertz CT molecular complexity index is 416. The smallest absolute Gasteiger partial charge is 0.0175 e. The van der Waals surface area contributed by atoms with E-state index in [0.29, 0.717) is 5.41 Å². The van der Waals surface area contributed by atoms with Crippen molar-refractivity contribution < 1.29 is 0 Å². The number of nitrogens with one attached hydrogen (secondary N) is 1. The van der Waals surface area contributed by atoms with Crippen molar-refractivity contribution >= 4 is 15.9 Å². The third kappa shape index (κ3) is 3.65. The van der Waals surface area contributed by atoms with Crippen molar-refractivity contribution in [2.75, 3.05) is 13.1 Å². The largest absolute Gasteiger partial charge is 0.316 e. The summed E-state index contributed by atoms with van der Waals surface area (Å²) in [6, 6.07) is 8.97. The van der Waals surface area contributed by atoms with Gasteiger partial charge in [-0.25, -0.2) is 0 Å². The van der Waals surface area contributed by atoms with Crippen LogP contribution in [0.1, 0.15) is 46.1 Å². The second kappa shape index (κ2) is 6.62. The lowest BCUT2D eigenvalue weighted by Crippen LogP contribution is -2.50. The Balaban J connectivity index is 2.07. The normalized spacial score (nSPS) is 26.1. The molecule has 1 N–H and O–H groups in total. The van der Waals surface area contributed by atoms with Crippen molar-refractivity contribution in [1.82, 2.24) is 5.32 Å². The second-order valence-corrected chi connectivity index (χ2v) is 8.14. The summed E-state index contributed by atoms with van der Waals surface area (Å²) >= 11 is 3.54. The van der Waals surface area contributed by atoms with Crippen LogP contribution < -0.4 is 5.32 Å². The van der Waals surface area contributed by atoms with Gasteiger partial charge >= 0.3 is 0 Å². The third-order valence-electron chi connectivity index (χ3n) is 4.72. The van der Waals surface area contributed by atoms with E-state index in [9.17, 15) is 0 Å². The molecular formula is C18H28BrN. The molecule has 112 valence electrons. The van der Waals surface area contributed by atoms with Crippen LogP contribution in [0.4, 0.5) is 0 Å². The number of benzene rings is 1. The molecule has 0 atom stereocenters. The number of hydrogen-bond acceptors (Lipinski definition) is 1. The lowest BCUT2D eigenvalue weighted by atomic mass is 9.56. The molecule has 0 aromatic heterocycles. The molecule has 0 bridgehead atoms. The topological polar surface area (TPSA) is 12.0 Å². The van der Waals surface area contributed by atoms with Gasteiger partial charge in [0.25, 0.3) is 0 Å². The highest BCUT2D eigenvalue weighted by atomic mass is 79.9. The van der Waals surface area contributed by atoms with Crippen LogP contribution in [0.5, 0.6) is 0 Å². The standard InChI is InChI=1S/C18H28BrN/c1-13(2)11-20-12-18(9-15(10-18)14(3)4)16-5-7-17(19)8-6-16/h5-8,13-15,20H,9-12H2,1-4H3. The molecule has 0 radical (unpaired) electrons. The van der Waals surface area contributed by atoms with Gasteiger partial charge in [-0.05, 0) is 54.8 Å². The van der Waals surface area contributed by atoms with Crippen LogP contribution >= 0.6 is 15.9 Å².